The van der Waals surface area contributed by atoms with Crippen LogP contribution in [0, 0.1) is 0 Å². The van der Waals surface area contributed by atoms with Crippen LogP contribution in [-0.4, -0.2) is 37.9 Å². The van der Waals surface area contributed by atoms with Crippen LogP contribution in [0.2, 0.25) is 0 Å². The van der Waals surface area contributed by atoms with Crippen molar-refractivity contribution in [1.82, 2.24) is 19.4 Å². The number of carbonyl (C=O) groups excluding carboxylic acids is 1. The molecule has 0 radical (unpaired) electrons. The molecule has 0 bridgehead atoms. The Morgan fingerprint density at radius 3 is 2.72 bits per heavy atom. The Hall–Kier alpha value is -3.41. The number of nitrogens with one attached hydrogen (secondary N) is 1. The monoisotopic (exact) mass is 427 g/mol. The van der Waals surface area contributed by atoms with Gasteiger partial charge in [0.2, 0.25) is 5.95 Å². The number of allylic oxidation sites excluding steroid dienone is 1. The number of anilines is 1. The van der Waals surface area contributed by atoms with E-state index in [2.05, 4.69) is 48.1 Å². The molecule has 3 aromatic rings. The van der Waals surface area contributed by atoms with E-state index in [1.165, 1.54) is 11.1 Å². The quantitative estimate of drug-likeness (QED) is 0.604. The first-order valence-corrected chi connectivity index (χ1v) is 11.4. The zero-order chi connectivity index (χ0) is 22.1. The Balaban J connectivity index is 1.22. The van der Waals surface area contributed by atoms with Crippen LogP contribution in [0.5, 0.6) is 0 Å². The molecular formula is C26H29N5O. The highest BCUT2D eigenvalue weighted by molar-refractivity contribution is 5.94. The van der Waals surface area contributed by atoms with Crippen LogP contribution in [0.1, 0.15) is 46.1 Å². The SMILES string of the molecule is C=C(CC)Cn1ccc(C(=O)N2CCc3nc(NC4Cc5ccccc5C4)ncc3C2)c1. The lowest BCUT2D eigenvalue weighted by atomic mass is 10.1. The van der Waals surface area contributed by atoms with E-state index in [0.717, 1.165) is 54.6 Å². The number of hydrogen-bond donors (Lipinski definition) is 1. The summed E-state index contributed by atoms with van der Waals surface area (Å²) in [6.45, 7) is 8.12. The summed E-state index contributed by atoms with van der Waals surface area (Å²) in [5.41, 5.74) is 6.75. The van der Waals surface area contributed by atoms with Gasteiger partial charge in [0.05, 0.1) is 11.3 Å². The second-order valence-electron chi connectivity index (χ2n) is 8.84. The molecular weight excluding hydrogens is 398 g/mol. The molecule has 0 unspecified atom stereocenters. The van der Waals surface area contributed by atoms with Crippen LogP contribution in [0.15, 0.2) is 61.1 Å². The van der Waals surface area contributed by atoms with E-state index < -0.39 is 0 Å². The summed E-state index contributed by atoms with van der Waals surface area (Å²) in [6.07, 6.45) is 9.44. The number of hydrogen-bond acceptors (Lipinski definition) is 4. The van der Waals surface area contributed by atoms with Gasteiger partial charge in [0.25, 0.3) is 5.91 Å². The largest absolute Gasteiger partial charge is 0.351 e. The molecule has 1 aliphatic heterocycles. The maximum atomic E-state index is 13.0. The summed E-state index contributed by atoms with van der Waals surface area (Å²) in [5, 5.41) is 3.51. The Kier molecular flexibility index (Phi) is 5.52. The predicted octanol–water partition coefficient (Wildman–Crippen LogP) is 4.02. The van der Waals surface area contributed by atoms with Gasteiger partial charge in [0.15, 0.2) is 0 Å². The van der Waals surface area contributed by atoms with Crippen molar-refractivity contribution < 1.29 is 4.79 Å². The first-order valence-electron chi connectivity index (χ1n) is 11.4. The summed E-state index contributed by atoms with van der Waals surface area (Å²) in [4.78, 5) is 24.2. The Labute approximate surface area is 189 Å². The van der Waals surface area contributed by atoms with E-state index in [-0.39, 0.29) is 5.91 Å². The number of nitrogens with zero attached hydrogens (tertiary/aromatic N) is 4. The summed E-state index contributed by atoms with van der Waals surface area (Å²) in [7, 11) is 0. The second-order valence-corrected chi connectivity index (χ2v) is 8.84. The molecule has 0 atom stereocenters. The van der Waals surface area contributed by atoms with Crippen molar-refractivity contribution in [2.45, 2.75) is 51.7 Å². The van der Waals surface area contributed by atoms with E-state index in [0.29, 0.717) is 25.1 Å². The molecule has 0 saturated heterocycles. The lowest BCUT2D eigenvalue weighted by Gasteiger charge is -2.28. The number of aromatic nitrogens is 3. The number of benzene rings is 1. The minimum Gasteiger partial charge on any atom is -0.351 e. The van der Waals surface area contributed by atoms with Gasteiger partial charge in [-0.15, -0.1) is 0 Å². The number of carbonyl (C=O) groups is 1. The molecule has 0 saturated carbocycles. The Bertz CT molecular complexity index is 1140. The van der Waals surface area contributed by atoms with Gasteiger partial charge in [-0.3, -0.25) is 4.79 Å². The maximum Gasteiger partial charge on any atom is 0.255 e. The van der Waals surface area contributed by atoms with Crippen molar-refractivity contribution in [3.05, 3.63) is 89.0 Å². The van der Waals surface area contributed by atoms with E-state index in [1.807, 2.05) is 34.1 Å². The smallest absolute Gasteiger partial charge is 0.255 e. The van der Waals surface area contributed by atoms with Crippen molar-refractivity contribution in [2.24, 2.45) is 0 Å². The molecule has 3 heterocycles. The van der Waals surface area contributed by atoms with Crippen LogP contribution >= 0.6 is 0 Å². The highest BCUT2D eigenvalue weighted by Gasteiger charge is 2.25. The van der Waals surface area contributed by atoms with Crippen molar-refractivity contribution >= 4 is 11.9 Å². The molecule has 6 nitrogen and oxygen atoms in total. The van der Waals surface area contributed by atoms with Gasteiger partial charge in [-0.05, 0) is 36.5 Å². The maximum absolute atomic E-state index is 13.0. The molecule has 1 amide bonds. The lowest BCUT2D eigenvalue weighted by molar-refractivity contribution is 0.0733. The van der Waals surface area contributed by atoms with Crippen molar-refractivity contribution in [2.75, 3.05) is 11.9 Å². The van der Waals surface area contributed by atoms with Gasteiger partial charge >= 0.3 is 0 Å². The van der Waals surface area contributed by atoms with Gasteiger partial charge in [-0.25, -0.2) is 9.97 Å². The molecule has 164 valence electrons. The predicted molar refractivity (Wildman–Crippen MR) is 126 cm³/mol. The summed E-state index contributed by atoms with van der Waals surface area (Å²) in [6, 6.07) is 10.8. The molecule has 6 heteroatoms. The molecule has 2 aliphatic rings. The molecule has 0 fully saturated rings. The van der Waals surface area contributed by atoms with Crippen molar-refractivity contribution in [3.63, 3.8) is 0 Å². The minimum absolute atomic E-state index is 0.0578. The topological polar surface area (TPSA) is 63.1 Å². The Morgan fingerprint density at radius 2 is 1.97 bits per heavy atom. The zero-order valence-electron chi connectivity index (χ0n) is 18.6. The van der Waals surface area contributed by atoms with Crippen LogP contribution < -0.4 is 5.32 Å². The molecule has 1 N–H and O–H groups in total. The summed E-state index contributed by atoms with van der Waals surface area (Å²) < 4.78 is 2.03. The Morgan fingerprint density at radius 1 is 1.19 bits per heavy atom. The van der Waals surface area contributed by atoms with Gasteiger partial charge < -0.3 is 14.8 Å². The van der Waals surface area contributed by atoms with Gasteiger partial charge in [-0.2, -0.15) is 0 Å². The van der Waals surface area contributed by atoms with Crippen LogP contribution in [-0.2, 0) is 32.4 Å². The summed E-state index contributed by atoms with van der Waals surface area (Å²) >= 11 is 0. The third kappa shape index (κ3) is 4.17. The molecule has 1 aliphatic carbocycles. The highest BCUT2D eigenvalue weighted by atomic mass is 16.2. The fourth-order valence-corrected chi connectivity index (χ4v) is 4.62. The van der Waals surface area contributed by atoms with Gasteiger partial charge in [0, 0.05) is 56.3 Å². The number of amides is 1. The molecule has 2 aromatic heterocycles. The van der Waals surface area contributed by atoms with Crippen molar-refractivity contribution in [3.8, 4) is 0 Å². The molecule has 0 spiro atoms. The normalized spacial score (nSPS) is 15.3. The van der Waals surface area contributed by atoms with Crippen LogP contribution in [0.4, 0.5) is 5.95 Å². The van der Waals surface area contributed by atoms with Crippen LogP contribution in [0.3, 0.4) is 0 Å². The van der Waals surface area contributed by atoms with Crippen molar-refractivity contribution in [1.29, 1.82) is 0 Å². The van der Waals surface area contributed by atoms with Gasteiger partial charge in [0.1, 0.15) is 0 Å². The second kappa shape index (κ2) is 8.61. The third-order valence-corrected chi connectivity index (χ3v) is 6.51. The molecule has 1 aromatic carbocycles. The average molecular weight is 428 g/mol. The zero-order valence-corrected chi connectivity index (χ0v) is 18.6. The molecule has 5 rings (SSSR count). The third-order valence-electron chi connectivity index (χ3n) is 6.51. The first-order chi connectivity index (χ1) is 15.6. The highest BCUT2D eigenvalue weighted by Crippen LogP contribution is 2.25. The van der Waals surface area contributed by atoms with E-state index in [1.54, 1.807) is 0 Å². The van der Waals surface area contributed by atoms with Crippen LogP contribution in [0.25, 0.3) is 0 Å². The first kappa shape index (κ1) is 20.5. The van der Waals surface area contributed by atoms with E-state index >= 15 is 0 Å². The standard InChI is InChI=1S/C26H29N5O/c1-3-18(2)15-30-10-8-21(16-30)25(32)31-11-9-24-22(17-31)14-27-26(29-24)28-23-12-19-6-4-5-7-20(19)13-23/h4-8,10,14,16,23H,2-3,9,11-13,15,17H2,1H3,(H,27,28,29). The van der Waals surface area contributed by atoms with E-state index in [4.69, 9.17) is 4.98 Å². The summed E-state index contributed by atoms with van der Waals surface area (Å²) in [5.74, 6) is 0.747. The fourth-order valence-electron chi connectivity index (χ4n) is 4.62. The lowest BCUT2D eigenvalue weighted by Crippen LogP contribution is -2.36. The van der Waals surface area contributed by atoms with E-state index in [9.17, 15) is 4.79 Å². The van der Waals surface area contributed by atoms with Gasteiger partial charge in [-0.1, -0.05) is 43.3 Å². The number of fused-ring (bicyclic) bond motifs is 2. The fraction of sp³-hybridized carbons (Fsp3) is 0.346. The minimum atomic E-state index is 0.0578. The number of rotatable bonds is 6. The average Bonchev–Trinajstić information content (AvgIpc) is 3.44. The molecule has 32 heavy (non-hydrogen) atoms.